The Kier molecular flexibility index (Phi) is 9.14. The molecule has 36 heavy (non-hydrogen) atoms. The van der Waals surface area contributed by atoms with Gasteiger partial charge in [0.1, 0.15) is 6.61 Å². The van der Waals surface area contributed by atoms with Gasteiger partial charge in [-0.2, -0.15) is 4.80 Å². The topological polar surface area (TPSA) is 144 Å². The van der Waals surface area contributed by atoms with Crippen molar-refractivity contribution in [1.82, 2.24) is 25.5 Å². The van der Waals surface area contributed by atoms with Crippen molar-refractivity contribution in [3.05, 3.63) is 63.2 Å². The van der Waals surface area contributed by atoms with E-state index in [1.807, 2.05) is 0 Å². The fraction of sp³-hybridized carbons (Fsp3) is 0.391. The summed E-state index contributed by atoms with van der Waals surface area (Å²) in [6.45, 7) is 3.16. The summed E-state index contributed by atoms with van der Waals surface area (Å²) in [7, 11) is 2.52. The van der Waals surface area contributed by atoms with Crippen molar-refractivity contribution in [2.75, 3.05) is 27.4 Å². The predicted octanol–water partition coefficient (Wildman–Crippen LogP) is 1.67. The number of carbonyl (C=O) groups is 3. The van der Waals surface area contributed by atoms with Gasteiger partial charge in [-0.05, 0) is 30.7 Å². The molecular weight excluding hydrogens is 494 g/mol. The number of aromatic nitrogens is 4. The third-order valence-corrected chi connectivity index (χ3v) is 5.58. The zero-order valence-electron chi connectivity index (χ0n) is 20.2. The Morgan fingerprint density at radius 3 is 2.50 bits per heavy atom. The Hall–Kier alpha value is -3.77. The van der Waals surface area contributed by atoms with Crippen LogP contribution < -0.4 is 5.32 Å². The maximum atomic E-state index is 13.2. The molecule has 1 aliphatic heterocycles. The average molecular weight is 520 g/mol. The van der Waals surface area contributed by atoms with Gasteiger partial charge in [0.05, 0.1) is 50.2 Å². The van der Waals surface area contributed by atoms with Crippen molar-refractivity contribution < 1.29 is 33.3 Å². The van der Waals surface area contributed by atoms with Crippen LogP contribution in [0, 0.1) is 0 Å². The fourth-order valence-electron chi connectivity index (χ4n) is 3.69. The molecule has 1 atom stereocenters. The summed E-state index contributed by atoms with van der Waals surface area (Å²) in [5.41, 5.74) is 1.78. The van der Waals surface area contributed by atoms with Crippen molar-refractivity contribution in [2.45, 2.75) is 32.9 Å². The monoisotopic (exact) mass is 519 g/mol. The number of benzene rings is 1. The second-order valence-electron chi connectivity index (χ2n) is 7.53. The molecule has 13 heteroatoms. The summed E-state index contributed by atoms with van der Waals surface area (Å²) in [6, 6.07) is 6.91. The molecule has 12 nitrogen and oxygen atoms in total. The van der Waals surface area contributed by atoms with E-state index in [2.05, 4.69) is 25.5 Å². The fourth-order valence-corrected chi connectivity index (χ4v) is 3.93. The zero-order valence-corrected chi connectivity index (χ0v) is 21.0. The van der Waals surface area contributed by atoms with Gasteiger partial charge in [0.2, 0.25) is 0 Å². The number of esters is 3. The lowest BCUT2D eigenvalue weighted by Crippen LogP contribution is -2.34. The Balaban J connectivity index is 1.94. The molecule has 1 aromatic heterocycles. The molecule has 0 saturated carbocycles. The number of nitrogens with zero attached hydrogens (tertiary/aromatic N) is 4. The van der Waals surface area contributed by atoms with Crippen molar-refractivity contribution in [2.24, 2.45) is 0 Å². The van der Waals surface area contributed by atoms with Crippen LogP contribution in [0.1, 0.15) is 31.2 Å². The van der Waals surface area contributed by atoms with Gasteiger partial charge < -0.3 is 24.3 Å². The van der Waals surface area contributed by atoms with Crippen LogP contribution in [0.4, 0.5) is 0 Å². The second-order valence-corrected chi connectivity index (χ2v) is 7.93. The summed E-state index contributed by atoms with van der Waals surface area (Å²) >= 11 is 6.49. The van der Waals surface area contributed by atoms with Crippen LogP contribution in [0.2, 0.25) is 5.02 Å². The van der Waals surface area contributed by atoms with Gasteiger partial charge in [0, 0.05) is 10.7 Å². The number of halogens is 1. The highest BCUT2D eigenvalue weighted by Gasteiger charge is 2.39. The number of hydrogen-bond donors (Lipinski definition) is 1. The average Bonchev–Trinajstić information content (AvgIpc) is 3.30. The SMILES string of the molecule is CCOC(=O)C1=C(COCc2nnn(CC(=O)OC)n2)NC(C)=C(C(=O)OC)C1c1ccccc1Cl. The zero-order chi connectivity index (χ0) is 26.2. The molecule has 0 aliphatic carbocycles. The highest BCUT2D eigenvalue weighted by Crippen LogP contribution is 2.41. The van der Waals surface area contributed by atoms with Crippen molar-refractivity contribution in [1.29, 1.82) is 0 Å². The molecule has 1 aliphatic rings. The van der Waals surface area contributed by atoms with E-state index in [9.17, 15) is 14.4 Å². The van der Waals surface area contributed by atoms with Gasteiger partial charge in [-0.15, -0.1) is 10.2 Å². The third-order valence-electron chi connectivity index (χ3n) is 5.23. The Bertz CT molecular complexity index is 1210. The molecule has 0 spiro atoms. The molecule has 0 amide bonds. The van der Waals surface area contributed by atoms with Gasteiger partial charge in [-0.3, -0.25) is 0 Å². The number of hydrogen-bond acceptors (Lipinski definition) is 11. The van der Waals surface area contributed by atoms with Gasteiger partial charge >= 0.3 is 17.9 Å². The van der Waals surface area contributed by atoms with Gasteiger partial charge in [-0.25, -0.2) is 14.4 Å². The minimum Gasteiger partial charge on any atom is -0.468 e. The van der Waals surface area contributed by atoms with E-state index >= 15 is 0 Å². The maximum absolute atomic E-state index is 13.2. The molecule has 2 heterocycles. The van der Waals surface area contributed by atoms with E-state index < -0.39 is 23.8 Å². The Morgan fingerprint density at radius 2 is 1.83 bits per heavy atom. The van der Waals surface area contributed by atoms with E-state index in [1.54, 1.807) is 38.1 Å². The Morgan fingerprint density at radius 1 is 1.08 bits per heavy atom. The van der Waals surface area contributed by atoms with Crippen molar-refractivity contribution >= 4 is 29.5 Å². The third kappa shape index (κ3) is 6.07. The first-order chi connectivity index (χ1) is 17.3. The standard InChI is InChI=1S/C23H26ClN5O7/c1-5-36-23(32)21-16(11-35-12-17-26-28-29(27-17)10-18(30)33-3)25-13(2)19(22(31)34-4)20(21)14-8-6-7-9-15(14)24/h6-9,20,25H,5,10-12H2,1-4H3. The van der Waals surface area contributed by atoms with Crippen molar-refractivity contribution in [3.63, 3.8) is 0 Å². The van der Waals surface area contributed by atoms with Crippen LogP contribution in [0.3, 0.4) is 0 Å². The highest BCUT2D eigenvalue weighted by molar-refractivity contribution is 6.31. The number of dihydropyridines is 1. The maximum Gasteiger partial charge on any atom is 0.336 e. The molecule has 1 N–H and O–H groups in total. The number of methoxy groups -OCH3 is 2. The molecule has 1 unspecified atom stereocenters. The summed E-state index contributed by atoms with van der Waals surface area (Å²) in [4.78, 5) is 38.4. The van der Waals surface area contributed by atoms with Crippen LogP contribution >= 0.6 is 11.6 Å². The molecule has 3 rings (SSSR count). The number of carbonyl (C=O) groups excluding carboxylic acids is 3. The smallest absolute Gasteiger partial charge is 0.336 e. The molecular formula is C23H26ClN5O7. The van der Waals surface area contributed by atoms with Gasteiger partial charge in [0.25, 0.3) is 0 Å². The molecule has 0 saturated heterocycles. The summed E-state index contributed by atoms with van der Waals surface area (Å²) in [6.07, 6.45) is 0. The lowest BCUT2D eigenvalue weighted by Gasteiger charge is -2.31. The first kappa shape index (κ1) is 26.8. The molecule has 1 aromatic carbocycles. The number of tetrazole rings is 1. The van der Waals surface area contributed by atoms with Gasteiger partial charge in [-0.1, -0.05) is 29.8 Å². The minimum atomic E-state index is -0.857. The molecule has 2 aromatic rings. The van der Waals surface area contributed by atoms with Crippen LogP contribution in [-0.2, 0) is 46.5 Å². The summed E-state index contributed by atoms with van der Waals surface area (Å²) < 4.78 is 20.7. The molecule has 0 bridgehead atoms. The molecule has 0 radical (unpaired) electrons. The summed E-state index contributed by atoms with van der Waals surface area (Å²) in [5, 5.41) is 15.1. The van der Waals surface area contributed by atoms with E-state index in [1.165, 1.54) is 14.2 Å². The number of allylic oxidation sites excluding steroid dienone is 1. The quantitative estimate of drug-likeness (QED) is 0.361. The highest BCUT2D eigenvalue weighted by atomic mass is 35.5. The summed E-state index contributed by atoms with van der Waals surface area (Å²) in [5.74, 6) is -2.41. The lowest BCUT2D eigenvalue weighted by molar-refractivity contribution is -0.142. The van der Waals surface area contributed by atoms with E-state index in [4.69, 9.17) is 25.8 Å². The predicted molar refractivity (Wildman–Crippen MR) is 125 cm³/mol. The normalized spacial score (nSPS) is 15.4. The number of rotatable bonds is 10. The molecule has 0 fully saturated rings. The Labute approximate surface area is 212 Å². The number of ether oxygens (including phenoxy) is 4. The number of nitrogens with one attached hydrogen (secondary N) is 1. The van der Waals surface area contributed by atoms with E-state index in [-0.39, 0.29) is 43.3 Å². The van der Waals surface area contributed by atoms with E-state index in [0.717, 1.165) is 4.80 Å². The lowest BCUT2D eigenvalue weighted by atomic mass is 9.80. The van der Waals surface area contributed by atoms with Crippen LogP contribution in [0.5, 0.6) is 0 Å². The first-order valence-corrected chi connectivity index (χ1v) is 11.3. The first-order valence-electron chi connectivity index (χ1n) is 10.9. The minimum absolute atomic E-state index is 0.0637. The molecule has 192 valence electrons. The van der Waals surface area contributed by atoms with Crippen molar-refractivity contribution in [3.8, 4) is 0 Å². The largest absolute Gasteiger partial charge is 0.468 e. The van der Waals surface area contributed by atoms with Crippen LogP contribution in [0.15, 0.2) is 46.8 Å². The van der Waals surface area contributed by atoms with Gasteiger partial charge in [0.15, 0.2) is 12.4 Å². The van der Waals surface area contributed by atoms with Crippen LogP contribution in [0.25, 0.3) is 0 Å². The second kappa shape index (κ2) is 12.3. The van der Waals surface area contributed by atoms with Crippen LogP contribution in [-0.4, -0.2) is 65.5 Å². The van der Waals surface area contributed by atoms with E-state index in [0.29, 0.717) is 22.0 Å².